The molecular weight excluding hydrogens is 296 g/mol. The number of rotatable bonds is 5. The summed E-state index contributed by atoms with van der Waals surface area (Å²) in [7, 11) is 1.40. The second-order valence-corrected chi connectivity index (χ2v) is 6.56. The minimum Gasteiger partial charge on any atom is -0.492 e. The lowest BCUT2D eigenvalue weighted by Crippen LogP contribution is -2.38. The number of carbonyl (C=O) groups excluding carboxylic acids is 1. The van der Waals surface area contributed by atoms with Gasteiger partial charge in [-0.25, -0.2) is 0 Å². The van der Waals surface area contributed by atoms with Gasteiger partial charge in [-0.05, 0) is 31.2 Å². The molecule has 1 aliphatic carbocycles. The Kier molecular flexibility index (Phi) is 4.60. The fourth-order valence-electron chi connectivity index (χ4n) is 4.12. The van der Waals surface area contributed by atoms with Crippen molar-refractivity contribution in [1.82, 2.24) is 0 Å². The van der Waals surface area contributed by atoms with Gasteiger partial charge in [-0.1, -0.05) is 18.2 Å². The fraction of sp³-hybridized carbons (Fsp3) is 0.611. The first kappa shape index (κ1) is 16.3. The van der Waals surface area contributed by atoms with E-state index in [0.717, 1.165) is 29.7 Å². The van der Waals surface area contributed by atoms with Gasteiger partial charge >= 0.3 is 5.97 Å². The van der Waals surface area contributed by atoms with Gasteiger partial charge in [0.15, 0.2) is 0 Å². The van der Waals surface area contributed by atoms with Crippen molar-refractivity contribution in [3.05, 3.63) is 29.3 Å². The second-order valence-electron chi connectivity index (χ2n) is 6.56. The predicted molar refractivity (Wildman–Crippen MR) is 84.4 cm³/mol. The average Bonchev–Trinajstić information content (AvgIpc) is 3.09. The number of esters is 1. The highest BCUT2D eigenvalue weighted by Gasteiger charge is 2.53. The molecule has 0 bridgehead atoms. The normalized spacial score (nSPS) is 28.7. The summed E-state index contributed by atoms with van der Waals surface area (Å²) in [5, 5.41) is 19.9. The van der Waals surface area contributed by atoms with E-state index in [0.29, 0.717) is 25.9 Å². The van der Waals surface area contributed by atoms with E-state index >= 15 is 0 Å². The minimum absolute atomic E-state index is 0.0312. The number of para-hydroxylation sites is 1. The van der Waals surface area contributed by atoms with Gasteiger partial charge in [-0.2, -0.15) is 0 Å². The Labute approximate surface area is 136 Å². The van der Waals surface area contributed by atoms with Crippen molar-refractivity contribution in [3.63, 3.8) is 0 Å². The highest BCUT2D eigenvalue weighted by atomic mass is 16.5. The van der Waals surface area contributed by atoms with Crippen LogP contribution in [0.25, 0.3) is 0 Å². The van der Waals surface area contributed by atoms with E-state index in [1.54, 1.807) is 0 Å². The molecule has 0 saturated heterocycles. The first-order valence-electron chi connectivity index (χ1n) is 8.23. The molecule has 1 aliphatic heterocycles. The van der Waals surface area contributed by atoms with Gasteiger partial charge in [0, 0.05) is 29.9 Å². The minimum atomic E-state index is -0.475. The molecule has 1 spiro atoms. The number of aliphatic hydroxyl groups excluding tert-OH is 2. The lowest BCUT2D eigenvalue weighted by atomic mass is 9.73. The summed E-state index contributed by atoms with van der Waals surface area (Å²) in [6, 6.07) is 6.07. The smallest absolute Gasteiger partial charge is 0.305 e. The molecule has 1 aromatic rings. The number of ether oxygens (including phenoxy) is 2. The van der Waals surface area contributed by atoms with Crippen molar-refractivity contribution >= 4 is 5.97 Å². The van der Waals surface area contributed by atoms with E-state index in [2.05, 4.69) is 4.74 Å². The van der Waals surface area contributed by atoms with Gasteiger partial charge in [0.25, 0.3) is 0 Å². The van der Waals surface area contributed by atoms with Crippen molar-refractivity contribution in [2.45, 2.75) is 43.6 Å². The summed E-state index contributed by atoms with van der Waals surface area (Å²) >= 11 is 0. The Bertz CT molecular complexity index is 585. The van der Waals surface area contributed by atoms with Crippen LogP contribution in [0.1, 0.15) is 36.8 Å². The molecule has 1 unspecified atom stereocenters. The van der Waals surface area contributed by atoms with Crippen LogP contribution in [0.3, 0.4) is 0 Å². The van der Waals surface area contributed by atoms with Gasteiger partial charge in [0.1, 0.15) is 5.75 Å². The number of fused-ring (bicyclic) bond motifs is 2. The van der Waals surface area contributed by atoms with Crippen molar-refractivity contribution in [2.75, 3.05) is 20.3 Å². The van der Waals surface area contributed by atoms with Gasteiger partial charge in [0.05, 0.1) is 19.8 Å². The van der Waals surface area contributed by atoms with E-state index in [4.69, 9.17) is 4.74 Å². The topological polar surface area (TPSA) is 76.0 Å². The Balaban J connectivity index is 1.82. The van der Waals surface area contributed by atoms with E-state index < -0.39 is 6.10 Å². The SMILES string of the molecule is COC(=O)CCCc1cccc2c1OCC21CC[C@@H](O)[C@@H]1CO. The molecule has 1 aromatic carbocycles. The summed E-state index contributed by atoms with van der Waals surface area (Å²) in [5.74, 6) is 0.508. The number of aryl methyl sites for hydroxylation is 1. The molecule has 1 heterocycles. The zero-order valence-electron chi connectivity index (χ0n) is 13.5. The van der Waals surface area contributed by atoms with Gasteiger partial charge in [0.2, 0.25) is 0 Å². The maximum Gasteiger partial charge on any atom is 0.305 e. The van der Waals surface area contributed by atoms with Crippen LogP contribution in [0, 0.1) is 5.92 Å². The summed E-state index contributed by atoms with van der Waals surface area (Å²) in [4.78, 5) is 11.2. The number of carbonyl (C=O) groups is 1. The number of hydrogen-bond acceptors (Lipinski definition) is 5. The molecule has 0 amide bonds. The number of benzene rings is 1. The molecule has 1 fully saturated rings. The molecule has 3 atom stereocenters. The largest absolute Gasteiger partial charge is 0.492 e. The van der Waals surface area contributed by atoms with Crippen LogP contribution < -0.4 is 4.74 Å². The molecule has 0 radical (unpaired) electrons. The number of hydrogen-bond donors (Lipinski definition) is 2. The Hall–Kier alpha value is -1.59. The first-order valence-corrected chi connectivity index (χ1v) is 8.23. The second kappa shape index (κ2) is 6.49. The van der Waals surface area contributed by atoms with Crippen LogP contribution in [-0.2, 0) is 21.4 Å². The Morgan fingerprint density at radius 2 is 2.30 bits per heavy atom. The third kappa shape index (κ3) is 2.72. The summed E-state index contributed by atoms with van der Waals surface area (Å²) in [6.45, 7) is 0.481. The zero-order chi connectivity index (χ0) is 16.4. The average molecular weight is 320 g/mol. The Morgan fingerprint density at radius 3 is 3.04 bits per heavy atom. The highest BCUT2D eigenvalue weighted by Crippen LogP contribution is 2.53. The molecule has 1 saturated carbocycles. The third-order valence-corrected chi connectivity index (χ3v) is 5.42. The standard InChI is InChI=1S/C18H24O5/c1-22-16(21)7-3-5-12-4-2-6-13-17(12)23-11-18(13)9-8-15(20)14(18)10-19/h2,4,6,14-15,19-20H,3,5,7-11H2,1H3/t14-,15+,18?/m0/s1. The van der Waals surface area contributed by atoms with Crippen LogP contribution in [-0.4, -0.2) is 42.6 Å². The third-order valence-electron chi connectivity index (χ3n) is 5.42. The molecule has 5 nitrogen and oxygen atoms in total. The monoisotopic (exact) mass is 320 g/mol. The summed E-state index contributed by atoms with van der Waals surface area (Å²) in [6.07, 6.45) is 2.91. The first-order chi connectivity index (χ1) is 11.1. The van der Waals surface area contributed by atoms with Crippen LogP contribution in [0.4, 0.5) is 0 Å². The van der Waals surface area contributed by atoms with Crippen molar-refractivity contribution in [2.24, 2.45) is 5.92 Å². The summed E-state index contributed by atoms with van der Waals surface area (Å²) < 4.78 is 10.7. The van der Waals surface area contributed by atoms with E-state index in [-0.39, 0.29) is 23.9 Å². The zero-order valence-corrected chi connectivity index (χ0v) is 13.5. The maximum atomic E-state index is 11.2. The molecular formula is C18H24O5. The van der Waals surface area contributed by atoms with E-state index in [9.17, 15) is 15.0 Å². The molecule has 23 heavy (non-hydrogen) atoms. The quantitative estimate of drug-likeness (QED) is 0.806. The highest BCUT2D eigenvalue weighted by molar-refractivity contribution is 5.69. The van der Waals surface area contributed by atoms with Gasteiger partial charge in [-0.15, -0.1) is 0 Å². The van der Waals surface area contributed by atoms with Gasteiger partial charge < -0.3 is 19.7 Å². The van der Waals surface area contributed by atoms with Crippen molar-refractivity contribution in [1.29, 1.82) is 0 Å². The Morgan fingerprint density at radius 1 is 1.48 bits per heavy atom. The molecule has 2 aliphatic rings. The van der Waals surface area contributed by atoms with Crippen LogP contribution in [0.5, 0.6) is 5.75 Å². The number of aliphatic hydroxyl groups is 2. The lowest BCUT2D eigenvalue weighted by molar-refractivity contribution is -0.140. The molecule has 3 rings (SSSR count). The molecule has 2 N–H and O–H groups in total. The maximum absolute atomic E-state index is 11.2. The lowest BCUT2D eigenvalue weighted by Gasteiger charge is -2.30. The number of methoxy groups -OCH3 is 1. The van der Waals surface area contributed by atoms with Crippen LogP contribution in [0.2, 0.25) is 0 Å². The van der Waals surface area contributed by atoms with E-state index in [1.807, 2.05) is 18.2 Å². The molecule has 5 heteroatoms. The summed E-state index contributed by atoms with van der Waals surface area (Å²) in [5.41, 5.74) is 1.91. The van der Waals surface area contributed by atoms with Crippen molar-refractivity contribution in [3.8, 4) is 5.75 Å². The van der Waals surface area contributed by atoms with E-state index in [1.165, 1.54) is 7.11 Å². The predicted octanol–water partition coefficient (Wildman–Crippen LogP) is 1.58. The molecule has 0 aromatic heterocycles. The fourth-order valence-corrected chi connectivity index (χ4v) is 4.12. The van der Waals surface area contributed by atoms with Crippen molar-refractivity contribution < 1.29 is 24.5 Å². The van der Waals surface area contributed by atoms with Gasteiger partial charge in [-0.3, -0.25) is 4.79 Å². The van der Waals surface area contributed by atoms with Crippen LogP contribution in [0.15, 0.2) is 18.2 Å². The molecule has 126 valence electrons. The van der Waals surface area contributed by atoms with Crippen LogP contribution >= 0.6 is 0 Å².